The minimum Gasteiger partial charge on any atom is -0.465 e. The summed E-state index contributed by atoms with van der Waals surface area (Å²) in [6, 6.07) is 5.92. The van der Waals surface area contributed by atoms with Crippen molar-refractivity contribution in [3.63, 3.8) is 0 Å². The molecule has 26 heavy (non-hydrogen) atoms. The molecule has 0 spiro atoms. The topological polar surface area (TPSA) is 103 Å². The molecule has 1 aromatic carbocycles. The van der Waals surface area contributed by atoms with Crippen molar-refractivity contribution in [2.24, 2.45) is 7.05 Å². The molecule has 3 rings (SSSR count). The van der Waals surface area contributed by atoms with E-state index in [1.165, 1.54) is 31.5 Å². The normalized spacial score (nSPS) is 11.5. The number of hydrogen-bond acceptors (Lipinski definition) is 6. The highest BCUT2D eigenvalue weighted by molar-refractivity contribution is 9.10. The molecule has 2 aromatic heterocycles. The molecule has 10 heteroatoms. The summed E-state index contributed by atoms with van der Waals surface area (Å²) in [6.45, 7) is 1.81. The first-order chi connectivity index (χ1) is 12.2. The van der Waals surface area contributed by atoms with Crippen LogP contribution < -0.4 is 4.72 Å². The number of nitrogens with zero attached hydrogens (tertiary/aromatic N) is 3. The Balaban J connectivity index is 2.05. The van der Waals surface area contributed by atoms with Gasteiger partial charge in [0, 0.05) is 16.9 Å². The highest BCUT2D eigenvalue weighted by Crippen LogP contribution is 2.25. The lowest BCUT2D eigenvalue weighted by atomic mass is 10.2. The third kappa shape index (κ3) is 3.29. The maximum absolute atomic E-state index is 12.8. The molecular weight excluding hydrogens is 424 g/mol. The van der Waals surface area contributed by atoms with Gasteiger partial charge < -0.3 is 4.74 Å². The first-order valence-corrected chi connectivity index (χ1v) is 9.70. The summed E-state index contributed by atoms with van der Waals surface area (Å²) < 4.78 is 34.9. The molecule has 0 bridgehead atoms. The van der Waals surface area contributed by atoms with Crippen molar-refractivity contribution in [2.75, 3.05) is 11.8 Å². The van der Waals surface area contributed by atoms with E-state index in [2.05, 4.69) is 35.5 Å². The molecule has 8 nitrogen and oxygen atoms in total. The predicted octanol–water partition coefficient (Wildman–Crippen LogP) is 2.63. The molecule has 1 N–H and O–H groups in total. The smallest absolute Gasteiger partial charge is 0.339 e. The summed E-state index contributed by atoms with van der Waals surface area (Å²) in [7, 11) is -1.08. The van der Waals surface area contributed by atoms with Gasteiger partial charge >= 0.3 is 5.97 Å². The Morgan fingerprint density at radius 1 is 1.31 bits per heavy atom. The van der Waals surface area contributed by atoms with E-state index in [-0.39, 0.29) is 16.1 Å². The predicted molar refractivity (Wildman–Crippen MR) is 99.5 cm³/mol. The second-order valence-corrected chi connectivity index (χ2v) is 8.11. The maximum atomic E-state index is 12.8. The van der Waals surface area contributed by atoms with Crippen LogP contribution in [0.3, 0.4) is 0 Å². The molecule has 0 unspecified atom stereocenters. The van der Waals surface area contributed by atoms with E-state index in [4.69, 9.17) is 0 Å². The van der Waals surface area contributed by atoms with E-state index in [0.717, 1.165) is 11.1 Å². The largest absolute Gasteiger partial charge is 0.465 e. The molecular formula is C16H15BrN4O4S. The minimum absolute atomic E-state index is 0.0685. The molecule has 0 aliphatic carbocycles. The Morgan fingerprint density at radius 3 is 2.73 bits per heavy atom. The van der Waals surface area contributed by atoms with Gasteiger partial charge in [-0.15, -0.1) is 0 Å². The number of nitrogens with one attached hydrogen (secondary N) is 1. The van der Waals surface area contributed by atoms with Crippen LogP contribution in [0.25, 0.3) is 11.0 Å². The second-order valence-electron chi connectivity index (χ2n) is 5.54. The summed E-state index contributed by atoms with van der Waals surface area (Å²) in [6.07, 6.45) is 1.40. The zero-order valence-electron chi connectivity index (χ0n) is 14.1. The quantitative estimate of drug-likeness (QED) is 0.627. The van der Waals surface area contributed by atoms with E-state index < -0.39 is 16.0 Å². The number of ether oxygens (including phenoxy) is 1. The van der Waals surface area contributed by atoms with E-state index in [9.17, 15) is 13.2 Å². The molecule has 0 aliphatic heterocycles. The zero-order valence-corrected chi connectivity index (χ0v) is 16.6. The second kappa shape index (κ2) is 6.69. The van der Waals surface area contributed by atoms with Crippen LogP contribution in [0.5, 0.6) is 0 Å². The Kier molecular flexibility index (Phi) is 4.72. The number of methoxy groups -OCH3 is 1. The van der Waals surface area contributed by atoms with Crippen molar-refractivity contribution in [3.8, 4) is 0 Å². The maximum Gasteiger partial charge on any atom is 0.339 e. The van der Waals surface area contributed by atoms with E-state index in [1.54, 1.807) is 17.8 Å². The van der Waals surface area contributed by atoms with Gasteiger partial charge in [0.15, 0.2) is 5.65 Å². The average Bonchev–Trinajstić information content (AvgIpc) is 2.87. The highest BCUT2D eigenvalue weighted by atomic mass is 79.9. The summed E-state index contributed by atoms with van der Waals surface area (Å²) in [4.78, 5) is 16.0. The number of esters is 1. The van der Waals surface area contributed by atoms with Gasteiger partial charge in [-0.25, -0.2) is 18.2 Å². The van der Waals surface area contributed by atoms with Gasteiger partial charge in [0.1, 0.15) is 4.90 Å². The van der Waals surface area contributed by atoms with Crippen molar-refractivity contribution in [2.45, 2.75) is 11.8 Å². The van der Waals surface area contributed by atoms with Crippen molar-refractivity contribution >= 4 is 48.6 Å². The number of benzene rings is 1. The average molecular weight is 439 g/mol. The van der Waals surface area contributed by atoms with Crippen LogP contribution in [-0.4, -0.2) is 36.3 Å². The summed E-state index contributed by atoms with van der Waals surface area (Å²) in [5, 5.41) is 4.99. The fourth-order valence-corrected chi connectivity index (χ4v) is 4.15. The third-order valence-electron chi connectivity index (χ3n) is 3.75. The van der Waals surface area contributed by atoms with Crippen molar-refractivity contribution in [3.05, 3.63) is 46.2 Å². The lowest BCUT2D eigenvalue weighted by Gasteiger charge is -2.11. The SMILES string of the molecule is COC(=O)c1cc(Br)ccc1S(=O)(=O)Nc1cnc2c(c1)c(C)nn2C. The Labute approximate surface area is 158 Å². The number of anilines is 1. The van der Waals surface area contributed by atoms with Crippen LogP contribution in [-0.2, 0) is 21.8 Å². The first kappa shape index (κ1) is 18.3. The highest BCUT2D eigenvalue weighted by Gasteiger charge is 2.24. The molecule has 0 atom stereocenters. The van der Waals surface area contributed by atoms with Crippen LogP contribution in [0, 0.1) is 6.92 Å². The number of carbonyl (C=O) groups excluding carboxylic acids is 1. The van der Waals surface area contributed by atoms with Gasteiger partial charge in [0.2, 0.25) is 0 Å². The summed E-state index contributed by atoms with van der Waals surface area (Å²) in [5.41, 5.74) is 1.58. The fourth-order valence-electron chi connectivity index (χ4n) is 2.58. The van der Waals surface area contributed by atoms with Crippen LogP contribution in [0.4, 0.5) is 5.69 Å². The molecule has 136 valence electrons. The molecule has 0 aliphatic rings. The Hall–Kier alpha value is -2.46. The number of sulfonamides is 1. The summed E-state index contributed by atoms with van der Waals surface area (Å²) in [5.74, 6) is -0.747. The van der Waals surface area contributed by atoms with Crippen molar-refractivity contribution in [1.29, 1.82) is 0 Å². The number of aromatic nitrogens is 3. The molecule has 0 saturated carbocycles. The number of aryl methyl sites for hydroxylation is 2. The molecule has 0 radical (unpaired) electrons. The van der Waals surface area contributed by atoms with E-state index in [0.29, 0.717) is 10.1 Å². The number of rotatable bonds is 4. The van der Waals surface area contributed by atoms with Gasteiger partial charge in [0.25, 0.3) is 10.0 Å². The molecule has 2 heterocycles. The number of pyridine rings is 1. The third-order valence-corrected chi connectivity index (χ3v) is 5.68. The standard InChI is InChI=1S/C16H15BrN4O4S/c1-9-12-7-11(8-18-15(12)21(2)19-9)20-26(23,24)14-5-4-10(17)6-13(14)16(22)25-3/h4-8,20H,1-3H3. The van der Waals surface area contributed by atoms with Gasteiger partial charge in [0.05, 0.1) is 30.3 Å². The number of halogens is 1. The van der Waals surface area contributed by atoms with Crippen LogP contribution in [0.15, 0.2) is 39.8 Å². The van der Waals surface area contributed by atoms with Crippen molar-refractivity contribution < 1.29 is 17.9 Å². The number of carbonyl (C=O) groups is 1. The molecule has 0 amide bonds. The van der Waals surface area contributed by atoms with E-state index >= 15 is 0 Å². The van der Waals surface area contributed by atoms with E-state index in [1.807, 2.05) is 6.92 Å². The minimum atomic E-state index is -4.03. The van der Waals surface area contributed by atoms with Crippen LogP contribution >= 0.6 is 15.9 Å². The monoisotopic (exact) mass is 438 g/mol. The van der Waals surface area contributed by atoms with Gasteiger partial charge in [-0.2, -0.15) is 5.10 Å². The van der Waals surface area contributed by atoms with Gasteiger partial charge in [-0.1, -0.05) is 15.9 Å². The van der Waals surface area contributed by atoms with Crippen molar-refractivity contribution in [1.82, 2.24) is 14.8 Å². The number of fused-ring (bicyclic) bond motifs is 1. The molecule has 3 aromatic rings. The lowest BCUT2D eigenvalue weighted by Crippen LogP contribution is -2.17. The fraction of sp³-hybridized carbons (Fsp3) is 0.188. The zero-order chi connectivity index (χ0) is 19.1. The number of hydrogen-bond donors (Lipinski definition) is 1. The Bertz CT molecular complexity index is 1120. The summed E-state index contributed by atoms with van der Waals surface area (Å²) >= 11 is 3.22. The Morgan fingerprint density at radius 2 is 2.04 bits per heavy atom. The van der Waals surface area contributed by atoms with Crippen LogP contribution in [0.2, 0.25) is 0 Å². The van der Waals surface area contributed by atoms with Gasteiger partial charge in [-0.3, -0.25) is 9.40 Å². The molecule has 0 fully saturated rings. The van der Waals surface area contributed by atoms with Crippen LogP contribution in [0.1, 0.15) is 16.1 Å². The lowest BCUT2D eigenvalue weighted by molar-refractivity contribution is 0.0596. The first-order valence-electron chi connectivity index (χ1n) is 7.43. The molecule has 0 saturated heterocycles. The van der Waals surface area contributed by atoms with Gasteiger partial charge in [-0.05, 0) is 31.2 Å².